The Balaban J connectivity index is 2.02. The lowest BCUT2D eigenvalue weighted by Gasteiger charge is -2.11. The van der Waals surface area contributed by atoms with Gasteiger partial charge in [-0.25, -0.2) is 9.78 Å². The molecule has 6 heteroatoms. The molecule has 18 heavy (non-hydrogen) atoms. The number of carbonyl (C=O) groups is 1. The van der Waals surface area contributed by atoms with Crippen LogP contribution in [0.3, 0.4) is 0 Å². The second-order valence-electron chi connectivity index (χ2n) is 3.84. The summed E-state index contributed by atoms with van der Waals surface area (Å²) in [7, 11) is 3.74. The van der Waals surface area contributed by atoms with Crippen molar-refractivity contribution in [2.24, 2.45) is 0 Å². The first-order valence-electron chi connectivity index (χ1n) is 5.34. The number of nitrogens with zero attached hydrogens (tertiary/aromatic N) is 3. The van der Waals surface area contributed by atoms with Gasteiger partial charge in [0.1, 0.15) is 12.4 Å². The molecular weight excluding hydrogens is 250 g/mol. The molecular formula is C12H13N3O2S. The first kappa shape index (κ1) is 12.5. The predicted molar refractivity (Wildman–Crippen MR) is 69.8 cm³/mol. The zero-order chi connectivity index (χ0) is 13.0. The van der Waals surface area contributed by atoms with Gasteiger partial charge < -0.3 is 9.64 Å². The lowest BCUT2D eigenvalue weighted by Crippen LogP contribution is -2.12. The molecule has 0 N–H and O–H groups in total. The molecule has 2 rings (SSSR count). The topological polar surface area (TPSA) is 55.3 Å². The number of rotatable bonds is 4. The largest absolute Gasteiger partial charge is 0.456 e. The lowest BCUT2D eigenvalue weighted by atomic mass is 10.2. The fraction of sp³-hybridized carbons (Fsp3) is 0.250. The van der Waals surface area contributed by atoms with E-state index < -0.39 is 0 Å². The maximum atomic E-state index is 11.8. The van der Waals surface area contributed by atoms with Crippen LogP contribution in [0.15, 0.2) is 30.0 Å². The maximum Gasteiger partial charge on any atom is 0.338 e. The number of carbonyl (C=O) groups excluding carboxylic acids is 1. The van der Waals surface area contributed by atoms with Crippen LogP contribution >= 0.6 is 11.3 Å². The van der Waals surface area contributed by atoms with E-state index in [1.165, 1.54) is 11.3 Å². The van der Waals surface area contributed by atoms with Crippen LogP contribution in [-0.4, -0.2) is 30.0 Å². The molecule has 0 fully saturated rings. The number of pyridine rings is 1. The Morgan fingerprint density at radius 1 is 1.50 bits per heavy atom. The molecule has 0 saturated heterocycles. The first-order chi connectivity index (χ1) is 8.66. The van der Waals surface area contributed by atoms with Crippen molar-refractivity contribution in [3.8, 4) is 0 Å². The number of hydrogen-bond donors (Lipinski definition) is 0. The summed E-state index contributed by atoms with van der Waals surface area (Å²) in [6.45, 7) is 0.253. The Bertz CT molecular complexity index is 526. The quantitative estimate of drug-likeness (QED) is 0.789. The summed E-state index contributed by atoms with van der Waals surface area (Å²) in [5.41, 5.74) is 2.21. The predicted octanol–water partition coefficient (Wildman–Crippen LogP) is 1.96. The second-order valence-corrected chi connectivity index (χ2v) is 4.81. The molecule has 2 aromatic rings. The van der Waals surface area contributed by atoms with Crippen LogP contribution in [-0.2, 0) is 11.3 Å². The summed E-state index contributed by atoms with van der Waals surface area (Å²) in [4.78, 5) is 22.6. The monoisotopic (exact) mass is 263 g/mol. The van der Waals surface area contributed by atoms with Gasteiger partial charge >= 0.3 is 5.97 Å². The zero-order valence-electron chi connectivity index (χ0n) is 10.2. The van der Waals surface area contributed by atoms with Gasteiger partial charge in [0.05, 0.1) is 16.0 Å². The van der Waals surface area contributed by atoms with Gasteiger partial charge in [-0.1, -0.05) is 0 Å². The van der Waals surface area contributed by atoms with Crippen molar-refractivity contribution < 1.29 is 9.53 Å². The molecule has 0 radical (unpaired) electrons. The maximum absolute atomic E-state index is 11.8. The molecule has 2 aromatic heterocycles. The van der Waals surface area contributed by atoms with Crippen LogP contribution < -0.4 is 4.90 Å². The average Bonchev–Trinajstić information content (AvgIpc) is 2.89. The normalized spacial score (nSPS) is 10.1. The summed E-state index contributed by atoms with van der Waals surface area (Å²) < 4.78 is 5.19. The molecule has 0 bridgehead atoms. The first-order valence-corrected chi connectivity index (χ1v) is 6.22. The molecule has 0 aliphatic rings. The van der Waals surface area contributed by atoms with Gasteiger partial charge in [-0.2, -0.15) is 0 Å². The van der Waals surface area contributed by atoms with Gasteiger partial charge in [0.15, 0.2) is 0 Å². The van der Waals surface area contributed by atoms with E-state index in [-0.39, 0.29) is 12.6 Å². The number of esters is 1. The number of anilines is 1. The molecule has 0 spiro atoms. The standard InChI is InChI=1S/C12H13N3O2S/c1-15(2)11-5-9(3-4-14-11)12(16)17-7-10-6-13-8-18-10/h3-6,8H,7H2,1-2H3. The number of ether oxygens (including phenoxy) is 1. The van der Waals surface area contributed by atoms with Gasteiger partial charge in [0, 0.05) is 26.5 Å². The van der Waals surface area contributed by atoms with Crippen molar-refractivity contribution in [3.63, 3.8) is 0 Å². The summed E-state index contributed by atoms with van der Waals surface area (Å²) in [6.07, 6.45) is 3.29. The van der Waals surface area contributed by atoms with Crippen LogP contribution in [0.4, 0.5) is 5.82 Å². The summed E-state index contributed by atoms with van der Waals surface area (Å²) in [6, 6.07) is 3.34. The van der Waals surface area contributed by atoms with Gasteiger partial charge in [0.25, 0.3) is 0 Å². The molecule has 2 heterocycles. The van der Waals surface area contributed by atoms with Crippen molar-refractivity contribution in [2.75, 3.05) is 19.0 Å². The van der Waals surface area contributed by atoms with E-state index in [9.17, 15) is 4.79 Å². The number of thiazole rings is 1. The second kappa shape index (κ2) is 5.59. The highest BCUT2D eigenvalue weighted by Gasteiger charge is 2.09. The third kappa shape index (κ3) is 3.04. The molecule has 0 unspecified atom stereocenters. The van der Waals surface area contributed by atoms with Gasteiger partial charge in [-0.05, 0) is 12.1 Å². The van der Waals surface area contributed by atoms with Crippen molar-refractivity contribution in [2.45, 2.75) is 6.61 Å². The highest BCUT2D eigenvalue weighted by Crippen LogP contribution is 2.13. The van der Waals surface area contributed by atoms with E-state index in [0.29, 0.717) is 5.56 Å². The SMILES string of the molecule is CN(C)c1cc(C(=O)OCc2cncs2)ccn1. The van der Waals surface area contributed by atoms with E-state index in [0.717, 1.165) is 10.7 Å². The Morgan fingerprint density at radius 2 is 2.33 bits per heavy atom. The molecule has 0 aliphatic carbocycles. The Morgan fingerprint density at radius 3 is 3.00 bits per heavy atom. The Kier molecular flexibility index (Phi) is 3.88. The van der Waals surface area contributed by atoms with Crippen LogP contribution in [0.2, 0.25) is 0 Å². The summed E-state index contributed by atoms with van der Waals surface area (Å²) >= 11 is 1.46. The Hall–Kier alpha value is -1.95. The highest BCUT2D eigenvalue weighted by molar-refractivity contribution is 7.09. The van der Waals surface area contributed by atoms with Gasteiger partial charge in [-0.15, -0.1) is 11.3 Å². The van der Waals surface area contributed by atoms with Gasteiger partial charge in [0.2, 0.25) is 0 Å². The molecule has 0 amide bonds. The summed E-state index contributed by atoms with van der Waals surface area (Å²) in [5, 5.41) is 0. The number of hydrogen-bond acceptors (Lipinski definition) is 6. The minimum Gasteiger partial charge on any atom is -0.456 e. The fourth-order valence-corrected chi connectivity index (χ4v) is 1.83. The van der Waals surface area contributed by atoms with Crippen molar-refractivity contribution in [1.82, 2.24) is 9.97 Å². The van der Waals surface area contributed by atoms with E-state index in [2.05, 4.69) is 9.97 Å². The molecule has 0 saturated carbocycles. The molecule has 94 valence electrons. The van der Waals surface area contributed by atoms with Crippen molar-refractivity contribution >= 4 is 23.1 Å². The zero-order valence-corrected chi connectivity index (χ0v) is 11.0. The fourth-order valence-electron chi connectivity index (χ4n) is 1.32. The third-order valence-corrected chi connectivity index (χ3v) is 3.02. The van der Waals surface area contributed by atoms with Crippen LogP contribution in [0.5, 0.6) is 0 Å². The number of aromatic nitrogens is 2. The van der Waals surface area contributed by atoms with E-state index in [1.807, 2.05) is 19.0 Å². The highest BCUT2D eigenvalue weighted by atomic mass is 32.1. The molecule has 0 aromatic carbocycles. The van der Waals surface area contributed by atoms with Crippen molar-refractivity contribution in [3.05, 3.63) is 40.5 Å². The third-order valence-electron chi connectivity index (χ3n) is 2.27. The Labute approximate surface area is 109 Å². The van der Waals surface area contributed by atoms with Crippen LogP contribution in [0.1, 0.15) is 15.2 Å². The smallest absolute Gasteiger partial charge is 0.338 e. The van der Waals surface area contributed by atoms with Crippen LogP contribution in [0, 0.1) is 0 Å². The molecule has 0 atom stereocenters. The van der Waals surface area contributed by atoms with E-state index in [1.54, 1.807) is 30.0 Å². The minimum atomic E-state index is -0.353. The van der Waals surface area contributed by atoms with Gasteiger partial charge in [-0.3, -0.25) is 4.98 Å². The van der Waals surface area contributed by atoms with Crippen molar-refractivity contribution in [1.29, 1.82) is 0 Å². The summed E-state index contributed by atoms with van der Waals surface area (Å²) in [5.74, 6) is 0.371. The average molecular weight is 263 g/mol. The molecule has 0 aliphatic heterocycles. The molecule has 5 nitrogen and oxygen atoms in total. The van der Waals surface area contributed by atoms with E-state index >= 15 is 0 Å². The lowest BCUT2D eigenvalue weighted by molar-refractivity contribution is 0.0476. The minimum absolute atomic E-state index is 0.253. The van der Waals surface area contributed by atoms with Crippen LogP contribution in [0.25, 0.3) is 0 Å². The van der Waals surface area contributed by atoms with E-state index in [4.69, 9.17) is 4.74 Å².